The van der Waals surface area contributed by atoms with Gasteiger partial charge in [-0.05, 0) is 71.0 Å². The van der Waals surface area contributed by atoms with Gasteiger partial charge in [0, 0.05) is 45.3 Å². The average molecular weight is 644 g/mol. The number of nitrogens with one attached hydrogen (secondary N) is 3. The van der Waals surface area contributed by atoms with Crippen LogP contribution in [0.5, 0.6) is 5.75 Å². The molecule has 2 heterocycles. The molecule has 13 heteroatoms. The molecular weight excluding hydrogens is 602 g/mol. The number of carbonyl (C=O) groups is 1. The van der Waals surface area contributed by atoms with Crippen molar-refractivity contribution in [3.63, 3.8) is 0 Å². The number of likely N-dealkylation sites (N-methyl/N-ethyl adjacent to an activating group) is 1. The van der Waals surface area contributed by atoms with Crippen LogP contribution in [0.15, 0.2) is 47.5 Å². The van der Waals surface area contributed by atoms with Crippen LogP contribution < -0.4 is 20.7 Å². The molecule has 0 radical (unpaired) electrons. The largest absolute Gasteiger partial charge is 0.489 e. The van der Waals surface area contributed by atoms with E-state index in [1.165, 1.54) is 6.20 Å². The van der Waals surface area contributed by atoms with E-state index in [-0.39, 0.29) is 33.7 Å². The Kier molecular flexibility index (Phi) is 11.1. The Bertz CT molecular complexity index is 1580. The topological polar surface area (TPSA) is 129 Å². The van der Waals surface area contributed by atoms with Crippen LogP contribution in [0.1, 0.15) is 43.6 Å². The van der Waals surface area contributed by atoms with E-state index in [1.54, 1.807) is 51.2 Å². The Morgan fingerprint density at radius 2 is 1.75 bits per heavy atom. The number of aromatic nitrogens is 2. The molecule has 1 saturated heterocycles. The second-order valence-electron chi connectivity index (χ2n) is 11.4. The second-order valence-corrected chi connectivity index (χ2v) is 14.3. The third-order valence-corrected chi connectivity index (χ3v) is 9.88. The van der Waals surface area contributed by atoms with E-state index in [1.807, 2.05) is 19.9 Å². The number of nitrogens with zero attached hydrogens (tertiary/aromatic N) is 4. The zero-order valence-electron chi connectivity index (χ0n) is 26.1. The van der Waals surface area contributed by atoms with E-state index < -0.39 is 15.1 Å². The van der Waals surface area contributed by atoms with Crippen LogP contribution in [0.25, 0.3) is 0 Å². The summed E-state index contributed by atoms with van der Waals surface area (Å²) in [7, 11) is 0.159. The molecule has 3 N–H and O–H groups in total. The summed E-state index contributed by atoms with van der Waals surface area (Å²) in [4.78, 5) is 26.8. The molecule has 11 nitrogen and oxygen atoms in total. The van der Waals surface area contributed by atoms with Gasteiger partial charge in [-0.25, -0.2) is 13.4 Å². The zero-order valence-corrected chi connectivity index (χ0v) is 27.7. The second kappa shape index (κ2) is 14.6. The number of amides is 1. The summed E-state index contributed by atoms with van der Waals surface area (Å²) in [6.45, 7) is 12.0. The highest BCUT2D eigenvalue weighted by atomic mass is 35.5. The predicted molar refractivity (Wildman–Crippen MR) is 176 cm³/mol. The highest BCUT2D eigenvalue weighted by molar-refractivity contribution is 7.92. The number of sulfone groups is 1. The SMILES string of the molecule is CNC(=O)c1cc(Nc2ncc(Cl)c(Nc3ccccc3S(=O)(=O)C(C)C)n2)c(OC(C)C)cc1CCN1CCN(C)CC1. The van der Waals surface area contributed by atoms with Crippen LogP contribution >= 0.6 is 11.6 Å². The smallest absolute Gasteiger partial charge is 0.251 e. The molecular formula is C31H42ClN7O4S. The van der Waals surface area contributed by atoms with E-state index in [0.717, 1.165) is 38.3 Å². The molecule has 0 bridgehead atoms. The summed E-state index contributed by atoms with van der Waals surface area (Å²) in [6.07, 6.45) is 1.98. The van der Waals surface area contributed by atoms with E-state index in [2.05, 4.69) is 42.8 Å². The first-order valence-corrected chi connectivity index (χ1v) is 16.7. The minimum Gasteiger partial charge on any atom is -0.489 e. The van der Waals surface area contributed by atoms with Crippen molar-refractivity contribution in [2.45, 2.75) is 50.4 Å². The number of hydrogen-bond donors (Lipinski definition) is 3. The van der Waals surface area contributed by atoms with Gasteiger partial charge in [0.2, 0.25) is 5.95 Å². The number of benzene rings is 2. The highest BCUT2D eigenvalue weighted by Gasteiger charge is 2.24. The summed E-state index contributed by atoms with van der Waals surface area (Å²) in [5.74, 6) is 0.752. The van der Waals surface area contributed by atoms with Gasteiger partial charge in [-0.3, -0.25) is 4.79 Å². The molecule has 1 aliphatic rings. The zero-order chi connectivity index (χ0) is 32.0. The number of hydrogen-bond acceptors (Lipinski definition) is 10. The molecule has 0 spiro atoms. The molecule has 44 heavy (non-hydrogen) atoms. The van der Waals surface area contributed by atoms with Gasteiger partial charge in [0.15, 0.2) is 15.7 Å². The number of ether oxygens (including phenoxy) is 1. The fraction of sp³-hybridized carbons (Fsp3) is 0.452. The number of rotatable bonds is 12. The predicted octanol–water partition coefficient (Wildman–Crippen LogP) is 4.74. The fourth-order valence-electron chi connectivity index (χ4n) is 4.81. The van der Waals surface area contributed by atoms with Crippen molar-refractivity contribution in [3.8, 4) is 5.75 Å². The summed E-state index contributed by atoms with van der Waals surface area (Å²) in [6, 6.07) is 10.3. The monoisotopic (exact) mass is 643 g/mol. The van der Waals surface area contributed by atoms with Crippen molar-refractivity contribution in [2.75, 3.05) is 57.5 Å². The van der Waals surface area contributed by atoms with Crippen molar-refractivity contribution in [1.29, 1.82) is 0 Å². The number of piperazine rings is 1. The van der Waals surface area contributed by atoms with Crippen molar-refractivity contribution in [2.24, 2.45) is 0 Å². The summed E-state index contributed by atoms with van der Waals surface area (Å²) in [5, 5.41) is 8.61. The molecule has 0 atom stereocenters. The van der Waals surface area contributed by atoms with Crippen molar-refractivity contribution in [1.82, 2.24) is 25.1 Å². The maximum atomic E-state index is 13.0. The Morgan fingerprint density at radius 3 is 2.41 bits per heavy atom. The maximum absolute atomic E-state index is 13.0. The molecule has 238 valence electrons. The van der Waals surface area contributed by atoms with Crippen molar-refractivity contribution in [3.05, 3.63) is 58.7 Å². The van der Waals surface area contributed by atoms with Gasteiger partial charge in [-0.15, -0.1) is 0 Å². The number of halogens is 1. The minimum absolute atomic E-state index is 0.130. The first kappa shape index (κ1) is 33.4. The first-order chi connectivity index (χ1) is 20.9. The highest BCUT2D eigenvalue weighted by Crippen LogP contribution is 2.34. The molecule has 1 aromatic heterocycles. The number of para-hydroxylation sites is 1. The normalized spacial score (nSPS) is 14.6. The van der Waals surface area contributed by atoms with Gasteiger partial charge in [-0.2, -0.15) is 4.98 Å². The third kappa shape index (κ3) is 8.17. The summed E-state index contributed by atoms with van der Waals surface area (Å²) < 4.78 is 32.1. The van der Waals surface area contributed by atoms with E-state index in [4.69, 9.17) is 16.3 Å². The number of anilines is 4. The molecule has 0 saturated carbocycles. The van der Waals surface area contributed by atoms with Crippen LogP contribution in [-0.2, 0) is 16.3 Å². The summed E-state index contributed by atoms with van der Waals surface area (Å²) in [5.41, 5.74) is 2.27. The molecule has 3 aromatic rings. The van der Waals surface area contributed by atoms with Crippen LogP contribution in [0.3, 0.4) is 0 Å². The first-order valence-electron chi connectivity index (χ1n) is 14.7. The lowest BCUT2D eigenvalue weighted by Gasteiger charge is -2.32. The molecule has 1 amide bonds. The lowest BCUT2D eigenvalue weighted by Crippen LogP contribution is -2.45. The van der Waals surface area contributed by atoms with Crippen molar-refractivity contribution >= 4 is 50.5 Å². The quantitative estimate of drug-likeness (QED) is 0.255. The maximum Gasteiger partial charge on any atom is 0.251 e. The Balaban J connectivity index is 1.66. The van der Waals surface area contributed by atoms with Gasteiger partial charge >= 0.3 is 0 Å². The fourth-order valence-corrected chi connectivity index (χ4v) is 6.15. The lowest BCUT2D eigenvalue weighted by atomic mass is 10.0. The van der Waals surface area contributed by atoms with Crippen LogP contribution in [-0.4, -0.2) is 92.3 Å². The molecule has 4 rings (SSSR count). The van der Waals surface area contributed by atoms with E-state index >= 15 is 0 Å². The average Bonchev–Trinajstić information content (AvgIpc) is 2.99. The van der Waals surface area contributed by atoms with E-state index in [0.29, 0.717) is 29.1 Å². The van der Waals surface area contributed by atoms with Crippen molar-refractivity contribution < 1.29 is 17.9 Å². The van der Waals surface area contributed by atoms with Gasteiger partial charge in [0.1, 0.15) is 10.8 Å². The summed E-state index contributed by atoms with van der Waals surface area (Å²) >= 11 is 6.44. The molecule has 1 fully saturated rings. The van der Waals surface area contributed by atoms with Gasteiger partial charge in [-0.1, -0.05) is 23.7 Å². The van der Waals surface area contributed by atoms with Gasteiger partial charge < -0.3 is 30.5 Å². The number of carbonyl (C=O) groups excluding carboxylic acids is 1. The van der Waals surface area contributed by atoms with Crippen LogP contribution in [0.4, 0.5) is 23.1 Å². The lowest BCUT2D eigenvalue weighted by molar-refractivity contribution is 0.0961. The Morgan fingerprint density at radius 1 is 1.05 bits per heavy atom. The van der Waals surface area contributed by atoms with Gasteiger partial charge in [0.05, 0.1) is 33.8 Å². The van der Waals surface area contributed by atoms with E-state index in [9.17, 15) is 13.2 Å². The Labute approximate surface area is 265 Å². The molecule has 0 aliphatic carbocycles. The molecule has 0 unspecified atom stereocenters. The Hall–Kier alpha value is -3.45. The van der Waals surface area contributed by atoms with Crippen LogP contribution in [0, 0.1) is 0 Å². The molecule has 1 aliphatic heterocycles. The van der Waals surface area contributed by atoms with Gasteiger partial charge in [0.25, 0.3) is 5.91 Å². The van der Waals surface area contributed by atoms with Crippen LogP contribution in [0.2, 0.25) is 5.02 Å². The standard InChI is InChI=1S/C31H42ClN7O4S/c1-20(2)43-27-17-22(11-12-39-15-13-38(6)14-16-39)23(30(40)33-5)18-26(27)36-31-34-19-24(32)29(37-31)35-25-9-7-8-10-28(25)44(41,42)21(3)4/h7-10,17-21H,11-16H2,1-6H3,(H,33,40)(H2,34,35,36,37). The molecule has 2 aromatic carbocycles. The minimum atomic E-state index is -3.57. The third-order valence-electron chi connectivity index (χ3n) is 7.39.